The first-order valence-corrected chi connectivity index (χ1v) is 5.52. The Kier molecular flexibility index (Phi) is 11.5. The summed E-state index contributed by atoms with van der Waals surface area (Å²) < 4.78 is 0. The molecule has 0 spiro atoms. The van der Waals surface area contributed by atoms with Crippen molar-refractivity contribution in [1.82, 2.24) is 0 Å². The zero-order chi connectivity index (χ0) is 13.4. The van der Waals surface area contributed by atoms with Gasteiger partial charge in [-0.05, 0) is 12.8 Å². The number of aliphatic carboxylic acids is 2. The molecule has 1 aliphatic rings. The van der Waals surface area contributed by atoms with Gasteiger partial charge in [0.15, 0.2) is 0 Å². The fourth-order valence-corrected chi connectivity index (χ4v) is 1.45. The van der Waals surface area contributed by atoms with Gasteiger partial charge in [-0.3, -0.25) is 0 Å². The van der Waals surface area contributed by atoms with Gasteiger partial charge in [0, 0.05) is 30.5 Å². The predicted octanol–water partition coefficient (Wildman–Crippen LogP) is -3.58. The van der Waals surface area contributed by atoms with Crippen molar-refractivity contribution in [3.63, 3.8) is 0 Å². The second-order valence-electron chi connectivity index (χ2n) is 4.11. The number of carboxylic acid groups (broad SMARTS) is 2. The molecule has 8 heteroatoms. The summed E-state index contributed by atoms with van der Waals surface area (Å²) >= 11 is 0. The third-order valence-corrected chi connectivity index (χ3v) is 2.56. The van der Waals surface area contributed by atoms with E-state index in [9.17, 15) is 19.8 Å². The summed E-state index contributed by atoms with van der Waals surface area (Å²) in [5.41, 5.74) is 16.0. The fraction of sp³-hybridized carbons (Fsp3) is 0.800. The molecule has 0 amide bonds. The SMILES string of the molecule is NC(CC(=O)[O-])C(=O)[O-].N[C@@H]1CCCC[C@H]1N.[Pt+2]. The van der Waals surface area contributed by atoms with Crippen molar-refractivity contribution in [3.8, 4) is 0 Å². The molecule has 0 aromatic rings. The summed E-state index contributed by atoms with van der Waals surface area (Å²) in [6, 6.07) is -0.900. The van der Waals surface area contributed by atoms with Crippen LogP contribution in [0.4, 0.5) is 0 Å². The van der Waals surface area contributed by atoms with Gasteiger partial charge >= 0.3 is 21.1 Å². The Balaban J connectivity index is 0. The molecule has 0 radical (unpaired) electrons. The van der Waals surface area contributed by atoms with Crippen LogP contribution >= 0.6 is 0 Å². The summed E-state index contributed by atoms with van der Waals surface area (Å²) in [6.07, 6.45) is 4.09. The second kappa shape index (κ2) is 10.4. The van der Waals surface area contributed by atoms with Gasteiger partial charge in [0.1, 0.15) is 0 Å². The molecular formula is C10H19N3O4Pt. The summed E-state index contributed by atoms with van der Waals surface area (Å²) in [6.45, 7) is 0. The van der Waals surface area contributed by atoms with Crippen molar-refractivity contribution in [1.29, 1.82) is 0 Å². The van der Waals surface area contributed by atoms with Gasteiger partial charge in [-0.2, -0.15) is 0 Å². The number of hydrogen-bond donors (Lipinski definition) is 3. The van der Waals surface area contributed by atoms with Gasteiger partial charge in [-0.25, -0.2) is 0 Å². The molecular weight excluding hydrogens is 421 g/mol. The second-order valence-corrected chi connectivity index (χ2v) is 4.11. The maximum absolute atomic E-state index is 9.71. The van der Waals surface area contributed by atoms with Crippen molar-refractivity contribution in [2.45, 2.75) is 50.2 Å². The minimum Gasteiger partial charge on any atom is -0.550 e. The number of carbonyl (C=O) groups is 2. The van der Waals surface area contributed by atoms with Gasteiger partial charge in [0.05, 0.1) is 5.97 Å². The minimum absolute atomic E-state index is 0. The smallest absolute Gasteiger partial charge is 0.550 e. The van der Waals surface area contributed by atoms with Crippen molar-refractivity contribution in [2.75, 3.05) is 0 Å². The average Bonchev–Trinajstić information content (AvgIpc) is 2.22. The fourth-order valence-electron chi connectivity index (χ4n) is 1.45. The van der Waals surface area contributed by atoms with Crippen molar-refractivity contribution < 1.29 is 40.9 Å². The molecule has 108 valence electrons. The molecule has 0 aliphatic heterocycles. The molecule has 0 bridgehead atoms. The molecule has 1 saturated carbocycles. The van der Waals surface area contributed by atoms with Gasteiger partial charge in [-0.1, -0.05) is 12.8 Å². The quantitative estimate of drug-likeness (QED) is 0.409. The van der Waals surface area contributed by atoms with Crippen molar-refractivity contribution in [3.05, 3.63) is 0 Å². The Morgan fingerprint density at radius 2 is 1.50 bits per heavy atom. The van der Waals surface area contributed by atoms with E-state index >= 15 is 0 Å². The molecule has 18 heavy (non-hydrogen) atoms. The van der Waals surface area contributed by atoms with E-state index in [-0.39, 0.29) is 33.1 Å². The van der Waals surface area contributed by atoms with Crippen LogP contribution in [0.1, 0.15) is 32.1 Å². The third kappa shape index (κ3) is 9.53. The van der Waals surface area contributed by atoms with E-state index in [1.165, 1.54) is 12.8 Å². The topological polar surface area (TPSA) is 158 Å². The van der Waals surface area contributed by atoms with E-state index in [1.54, 1.807) is 0 Å². The van der Waals surface area contributed by atoms with Crippen LogP contribution in [0.15, 0.2) is 0 Å². The van der Waals surface area contributed by atoms with Crippen LogP contribution in [0.5, 0.6) is 0 Å². The summed E-state index contributed by atoms with van der Waals surface area (Å²) in [7, 11) is 0. The van der Waals surface area contributed by atoms with Crippen LogP contribution < -0.4 is 27.4 Å². The van der Waals surface area contributed by atoms with Crippen LogP contribution in [0, 0.1) is 0 Å². The van der Waals surface area contributed by atoms with E-state index in [0.29, 0.717) is 0 Å². The molecule has 7 nitrogen and oxygen atoms in total. The largest absolute Gasteiger partial charge is 2.00 e. The Bertz CT molecular complexity index is 256. The molecule has 6 N–H and O–H groups in total. The molecule has 0 saturated heterocycles. The molecule has 1 unspecified atom stereocenters. The first-order valence-electron chi connectivity index (χ1n) is 5.52. The summed E-state index contributed by atoms with van der Waals surface area (Å²) in [5.74, 6) is -3.08. The van der Waals surface area contributed by atoms with Gasteiger partial charge in [-0.15, -0.1) is 0 Å². The van der Waals surface area contributed by atoms with E-state index in [2.05, 4.69) is 0 Å². The Labute approximate surface area is 120 Å². The molecule has 0 heterocycles. The van der Waals surface area contributed by atoms with Crippen LogP contribution in [-0.2, 0) is 30.7 Å². The molecule has 0 aromatic carbocycles. The minimum atomic E-state index is -1.58. The first kappa shape index (κ1) is 19.8. The molecule has 1 aliphatic carbocycles. The Hall–Kier alpha value is -0.492. The zero-order valence-corrected chi connectivity index (χ0v) is 12.2. The Morgan fingerprint density at radius 1 is 1.11 bits per heavy atom. The summed E-state index contributed by atoms with van der Waals surface area (Å²) in [5, 5.41) is 19.3. The molecule has 1 fully saturated rings. The van der Waals surface area contributed by atoms with Crippen LogP contribution in [0.25, 0.3) is 0 Å². The third-order valence-electron chi connectivity index (χ3n) is 2.56. The maximum atomic E-state index is 9.71. The first-order chi connectivity index (χ1) is 7.84. The van der Waals surface area contributed by atoms with Crippen molar-refractivity contribution in [2.24, 2.45) is 17.2 Å². The van der Waals surface area contributed by atoms with E-state index < -0.39 is 24.4 Å². The van der Waals surface area contributed by atoms with Gasteiger partial charge < -0.3 is 37.0 Å². The average molecular weight is 440 g/mol. The number of rotatable bonds is 3. The number of carbonyl (C=O) groups excluding carboxylic acids is 2. The van der Waals surface area contributed by atoms with Crippen LogP contribution in [0.2, 0.25) is 0 Å². The van der Waals surface area contributed by atoms with Crippen LogP contribution in [-0.4, -0.2) is 30.1 Å². The van der Waals surface area contributed by atoms with E-state index in [1.807, 2.05) is 0 Å². The van der Waals surface area contributed by atoms with Crippen molar-refractivity contribution >= 4 is 11.9 Å². The van der Waals surface area contributed by atoms with Gasteiger partial charge in [0.25, 0.3) is 0 Å². The number of carboxylic acids is 2. The molecule has 0 aromatic heterocycles. The van der Waals surface area contributed by atoms with E-state index in [0.717, 1.165) is 12.8 Å². The predicted molar refractivity (Wildman–Crippen MR) is 57.0 cm³/mol. The van der Waals surface area contributed by atoms with Crippen LogP contribution in [0.3, 0.4) is 0 Å². The number of hydrogen-bond acceptors (Lipinski definition) is 7. The monoisotopic (exact) mass is 440 g/mol. The molecule has 3 atom stereocenters. The zero-order valence-electron chi connectivity index (χ0n) is 9.95. The molecule has 1 rings (SSSR count). The number of nitrogens with two attached hydrogens (primary N) is 3. The van der Waals surface area contributed by atoms with E-state index in [4.69, 9.17) is 17.2 Å². The summed E-state index contributed by atoms with van der Waals surface area (Å²) in [4.78, 5) is 19.3. The standard InChI is InChI=1S/C6H14N2.C4H7NO4.Pt/c7-5-3-1-2-4-6(5)8;5-2(4(8)9)1-3(6)7;/h5-6H,1-4,7-8H2;2H,1,5H2,(H,6,7)(H,8,9);/q;;+2/p-2/t5-,6-;;/m1../s1. The Morgan fingerprint density at radius 3 is 1.67 bits per heavy atom. The normalized spacial score (nSPS) is 23.9. The maximum Gasteiger partial charge on any atom is 2.00 e. The van der Waals surface area contributed by atoms with Gasteiger partial charge in [0.2, 0.25) is 0 Å².